The Morgan fingerprint density at radius 1 is 1.16 bits per heavy atom. The van der Waals surface area contributed by atoms with Crippen LogP contribution in [0.4, 0.5) is 9.93 Å². The minimum absolute atomic E-state index is 0.135. The van der Waals surface area contributed by atoms with Gasteiger partial charge < -0.3 is 20.1 Å². The lowest BCUT2D eigenvalue weighted by molar-refractivity contribution is -0.289. The van der Waals surface area contributed by atoms with E-state index in [2.05, 4.69) is 26.1 Å². The number of anilines is 1. The molecule has 1 unspecified atom stereocenters. The maximum absolute atomic E-state index is 13.9. The summed E-state index contributed by atoms with van der Waals surface area (Å²) < 4.78 is 10.9. The van der Waals surface area contributed by atoms with E-state index in [0.717, 1.165) is 18.4 Å². The van der Waals surface area contributed by atoms with Crippen LogP contribution in [-0.2, 0) is 35.3 Å². The number of alkyl carbamates (subject to hydrolysis) is 1. The number of nitrogens with one attached hydrogen (secondary N) is 3. The number of nitrogens with zero attached hydrogens (tertiary/aromatic N) is 3. The molecule has 4 amide bonds. The molecule has 248 valence electrons. The molecule has 1 aromatic carbocycles. The van der Waals surface area contributed by atoms with Crippen LogP contribution in [0.25, 0.3) is 0 Å². The van der Waals surface area contributed by atoms with Crippen LogP contribution in [0.5, 0.6) is 0 Å². The molecule has 0 spiro atoms. The fourth-order valence-corrected chi connectivity index (χ4v) is 5.55. The van der Waals surface area contributed by atoms with E-state index in [4.69, 9.17) is 14.3 Å². The molecule has 13 nitrogen and oxygen atoms in total. The molecule has 3 rings (SSSR count). The number of ether oxygens (including phenoxy) is 2. The van der Waals surface area contributed by atoms with Gasteiger partial charge in [0.15, 0.2) is 6.29 Å². The summed E-state index contributed by atoms with van der Waals surface area (Å²) in [4.78, 5) is 57.3. The number of benzene rings is 1. The Kier molecular flexibility index (Phi) is 15.7. The lowest BCUT2D eigenvalue weighted by atomic mass is 9.87. The number of rotatable bonds is 19. The maximum Gasteiger partial charge on any atom is 0.407 e. The molecule has 14 heteroatoms. The van der Waals surface area contributed by atoms with Crippen LogP contribution in [0.1, 0.15) is 77.7 Å². The van der Waals surface area contributed by atoms with E-state index in [1.807, 2.05) is 51.1 Å². The Bertz CT molecular complexity index is 1160. The molecular formula is C31H46N6O7S. The SMILES string of the molecule is CC[C@@H]([C@@H](CC(C)C)C(=O)N[C@@H](CCCCNC(=O)OCc1ccccc1)C(=O)Nc1nncs1)N(C=O)OC1CCCCO1. The molecule has 1 fully saturated rings. The lowest BCUT2D eigenvalue weighted by Crippen LogP contribution is -2.52. The molecule has 2 heterocycles. The van der Waals surface area contributed by atoms with E-state index in [9.17, 15) is 19.2 Å². The monoisotopic (exact) mass is 646 g/mol. The van der Waals surface area contributed by atoms with Gasteiger partial charge in [-0.2, -0.15) is 0 Å². The molecule has 1 aliphatic rings. The van der Waals surface area contributed by atoms with E-state index in [1.165, 1.54) is 21.9 Å². The van der Waals surface area contributed by atoms with Crippen LogP contribution in [0, 0.1) is 11.8 Å². The van der Waals surface area contributed by atoms with Gasteiger partial charge in [0.2, 0.25) is 23.4 Å². The van der Waals surface area contributed by atoms with Crippen molar-refractivity contribution in [3.8, 4) is 0 Å². The number of aromatic nitrogens is 2. The van der Waals surface area contributed by atoms with E-state index in [-0.39, 0.29) is 18.4 Å². The average Bonchev–Trinajstić information content (AvgIpc) is 3.56. The van der Waals surface area contributed by atoms with Crippen LogP contribution in [0.15, 0.2) is 35.8 Å². The van der Waals surface area contributed by atoms with Crippen LogP contribution >= 0.6 is 11.3 Å². The van der Waals surface area contributed by atoms with E-state index < -0.39 is 36.3 Å². The van der Waals surface area contributed by atoms with Gasteiger partial charge in [0.05, 0.1) is 12.0 Å². The van der Waals surface area contributed by atoms with E-state index in [0.29, 0.717) is 63.2 Å². The van der Waals surface area contributed by atoms with Crippen LogP contribution in [0.3, 0.4) is 0 Å². The summed E-state index contributed by atoms with van der Waals surface area (Å²) >= 11 is 1.17. The van der Waals surface area contributed by atoms with Crippen molar-refractivity contribution in [1.82, 2.24) is 25.9 Å². The third kappa shape index (κ3) is 12.7. The van der Waals surface area contributed by atoms with Crippen molar-refractivity contribution < 1.29 is 33.5 Å². The minimum atomic E-state index is -0.883. The quantitative estimate of drug-likeness (QED) is 0.114. The third-order valence-corrected chi connectivity index (χ3v) is 7.98. The van der Waals surface area contributed by atoms with Gasteiger partial charge in [-0.05, 0) is 56.4 Å². The largest absolute Gasteiger partial charge is 0.445 e. The highest BCUT2D eigenvalue weighted by molar-refractivity contribution is 7.13. The van der Waals surface area contributed by atoms with Crippen LogP contribution in [0.2, 0.25) is 0 Å². The number of unbranched alkanes of at least 4 members (excludes halogenated alkanes) is 1. The predicted octanol–water partition coefficient (Wildman–Crippen LogP) is 4.42. The van der Waals surface area contributed by atoms with Crippen LogP contribution in [-0.4, -0.2) is 71.1 Å². The molecular weight excluding hydrogens is 600 g/mol. The zero-order valence-corrected chi connectivity index (χ0v) is 27.1. The van der Waals surface area contributed by atoms with Crippen LogP contribution < -0.4 is 16.0 Å². The van der Waals surface area contributed by atoms with Crippen molar-refractivity contribution in [2.75, 3.05) is 18.5 Å². The molecule has 4 atom stereocenters. The zero-order chi connectivity index (χ0) is 32.4. The smallest absolute Gasteiger partial charge is 0.407 e. The Morgan fingerprint density at radius 3 is 2.60 bits per heavy atom. The molecule has 1 saturated heterocycles. The number of carbonyl (C=O) groups is 4. The minimum Gasteiger partial charge on any atom is -0.445 e. The van der Waals surface area contributed by atoms with Gasteiger partial charge in [0.1, 0.15) is 18.2 Å². The van der Waals surface area contributed by atoms with Gasteiger partial charge in [-0.25, -0.2) is 14.7 Å². The van der Waals surface area contributed by atoms with Crippen molar-refractivity contribution in [3.63, 3.8) is 0 Å². The second-order valence-corrected chi connectivity index (χ2v) is 12.2. The van der Waals surface area contributed by atoms with E-state index in [1.54, 1.807) is 0 Å². The molecule has 0 aliphatic carbocycles. The molecule has 0 bridgehead atoms. The first kappa shape index (κ1) is 35.9. The maximum atomic E-state index is 13.9. The number of hydroxylamine groups is 2. The van der Waals surface area contributed by atoms with Gasteiger partial charge in [0.25, 0.3) is 0 Å². The summed E-state index contributed by atoms with van der Waals surface area (Å²) in [5.74, 6) is -1.28. The Morgan fingerprint density at radius 2 is 1.96 bits per heavy atom. The molecule has 1 aliphatic heterocycles. The number of carbonyl (C=O) groups excluding carboxylic acids is 4. The number of hydrogen-bond donors (Lipinski definition) is 3. The highest BCUT2D eigenvalue weighted by Gasteiger charge is 2.36. The molecule has 2 aromatic rings. The Labute approximate surface area is 268 Å². The van der Waals surface area contributed by atoms with Gasteiger partial charge in [-0.1, -0.05) is 62.4 Å². The first-order valence-corrected chi connectivity index (χ1v) is 16.5. The molecule has 3 N–H and O–H groups in total. The standard InChI is InChI=1S/C31H46N6O7S/c1-4-26(37(21-38)44-27-15-9-11-17-42-27)24(18-22(2)3)28(39)34-25(29(40)35-30-36-33-20-45-30)14-8-10-16-32-31(41)43-19-23-12-6-5-7-13-23/h5-7,12-13,20-22,24-27H,4,8-11,14-19H2,1-3H3,(H,32,41)(H,34,39)(H,35,36,40)/t24-,25+,26+,27?/m1/s1. The number of amides is 4. The zero-order valence-electron chi connectivity index (χ0n) is 26.3. The lowest BCUT2D eigenvalue weighted by Gasteiger charge is -2.36. The number of hydrogen-bond acceptors (Lipinski definition) is 10. The van der Waals surface area contributed by atoms with Crippen molar-refractivity contribution in [1.29, 1.82) is 0 Å². The topological polar surface area (TPSA) is 161 Å². The fraction of sp³-hybridized carbons (Fsp3) is 0.613. The normalized spacial score (nSPS) is 16.7. The summed E-state index contributed by atoms with van der Waals surface area (Å²) in [7, 11) is 0. The molecule has 0 radical (unpaired) electrons. The summed E-state index contributed by atoms with van der Waals surface area (Å²) in [6.45, 7) is 6.96. The van der Waals surface area contributed by atoms with Gasteiger partial charge in [0, 0.05) is 19.6 Å². The summed E-state index contributed by atoms with van der Waals surface area (Å²) in [6.07, 6.45) is 4.39. The molecule has 45 heavy (non-hydrogen) atoms. The summed E-state index contributed by atoms with van der Waals surface area (Å²) in [5, 5.41) is 17.5. The molecule has 0 saturated carbocycles. The van der Waals surface area contributed by atoms with Crippen molar-refractivity contribution in [2.24, 2.45) is 11.8 Å². The summed E-state index contributed by atoms with van der Waals surface area (Å²) in [5.41, 5.74) is 2.39. The Balaban J connectivity index is 1.61. The van der Waals surface area contributed by atoms with Gasteiger partial charge >= 0.3 is 6.09 Å². The van der Waals surface area contributed by atoms with Crippen molar-refractivity contribution >= 4 is 40.8 Å². The van der Waals surface area contributed by atoms with Crippen molar-refractivity contribution in [2.45, 2.75) is 97.1 Å². The molecule has 1 aromatic heterocycles. The highest BCUT2D eigenvalue weighted by atomic mass is 32.1. The second kappa shape index (κ2) is 19.7. The Hall–Kier alpha value is -3.62. The predicted molar refractivity (Wildman–Crippen MR) is 169 cm³/mol. The van der Waals surface area contributed by atoms with E-state index >= 15 is 0 Å². The fourth-order valence-electron chi connectivity index (χ4n) is 5.11. The first-order valence-electron chi connectivity index (χ1n) is 15.6. The van der Waals surface area contributed by atoms with Gasteiger partial charge in [-0.3, -0.25) is 19.7 Å². The van der Waals surface area contributed by atoms with Crippen molar-refractivity contribution in [3.05, 3.63) is 41.4 Å². The highest BCUT2D eigenvalue weighted by Crippen LogP contribution is 2.25. The first-order chi connectivity index (χ1) is 21.8. The van der Waals surface area contributed by atoms with Gasteiger partial charge in [-0.15, -0.1) is 10.2 Å². The average molecular weight is 647 g/mol. The third-order valence-electron chi connectivity index (χ3n) is 7.38. The second-order valence-electron chi connectivity index (χ2n) is 11.4. The summed E-state index contributed by atoms with van der Waals surface area (Å²) in [6, 6.07) is 7.94.